The Hall–Kier alpha value is -1.88. The second-order valence-corrected chi connectivity index (χ2v) is 4.59. The molecule has 0 amide bonds. The first-order chi connectivity index (χ1) is 10.2. The van der Waals surface area contributed by atoms with Crippen molar-refractivity contribution in [1.82, 2.24) is 4.98 Å². The summed E-state index contributed by atoms with van der Waals surface area (Å²) in [7, 11) is 1.59. The van der Waals surface area contributed by atoms with E-state index in [9.17, 15) is 9.90 Å². The van der Waals surface area contributed by atoms with Crippen LogP contribution >= 0.6 is 0 Å². The molecule has 0 N–H and O–H groups in total. The molecule has 0 bridgehead atoms. The maximum atomic E-state index is 11.3. The first kappa shape index (κ1) is 16.5. The average Bonchev–Trinajstić information content (AvgIpc) is 2.53. The van der Waals surface area contributed by atoms with Crippen molar-refractivity contribution in [2.45, 2.75) is 0 Å². The molecule has 0 aliphatic heterocycles. The number of para-hydroxylation sites is 1. The van der Waals surface area contributed by atoms with Crippen molar-refractivity contribution in [3.05, 3.63) is 60.2 Å². The number of carboxylic acids is 1. The summed E-state index contributed by atoms with van der Waals surface area (Å²) in [5.41, 5.74) is 2.19. The number of hydrogen-bond donors (Lipinski definition) is 0. The normalized spacial score (nSPS) is 10.0. The Bertz CT molecular complexity index is 816. The molecule has 22 heavy (non-hydrogen) atoms. The fourth-order valence-corrected chi connectivity index (χ4v) is 2.25. The molecule has 4 nitrogen and oxygen atoms in total. The first-order valence-corrected chi connectivity index (χ1v) is 6.44. The number of aromatic carboxylic acids is 1. The second kappa shape index (κ2) is 6.92. The van der Waals surface area contributed by atoms with Gasteiger partial charge in [0.15, 0.2) is 0 Å². The predicted molar refractivity (Wildman–Crippen MR) is 78.1 cm³/mol. The third kappa shape index (κ3) is 3.14. The Balaban J connectivity index is 0.00000176. The maximum Gasteiger partial charge on any atom is 1.00 e. The van der Waals surface area contributed by atoms with Gasteiger partial charge in [-0.15, -0.1) is 0 Å². The van der Waals surface area contributed by atoms with Gasteiger partial charge in [-0.25, -0.2) is 4.98 Å². The summed E-state index contributed by atoms with van der Waals surface area (Å²) in [4.78, 5) is 15.9. The number of carboxylic acid groups (broad SMARTS) is 1. The van der Waals surface area contributed by atoms with Crippen molar-refractivity contribution in [2.75, 3.05) is 7.11 Å². The fraction of sp³-hybridized carbons (Fsp3) is 0.0588. The molecule has 0 radical (unpaired) electrons. The zero-order valence-corrected chi connectivity index (χ0v) is 14.4. The number of carbonyl (C=O) groups is 1. The van der Waals surface area contributed by atoms with Crippen LogP contribution in [-0.4, -0.2) is 18.1 Å². The molecule has 0 saturated carbocycles. The summed E-state index contributed by atoms with van der Waals surface area (Å²) in [6, 6.07) is 16.0. The van der Waals surface area contributed by atoms with Crippen LogP contribution < -0.4 is 39.4 Å². The molecule has 3 rings (SSSR count). The first-order valence-electron chi connectivity index (χ1n) is 6.44. The fourth-order valence-electron chi connectivity index (χ4n) is 2.25. The summed E-state index contributed by atoms with van der Waals surface area (Å²) in [5.74, 6) is -0.469. The smallest absolute Gasteiger partial charge is 0.545 e. The van der Waals surface area contributed by atoms with Gasteiger partial charge in [-0.1, -0.05) is 18.2 Å². The van der Waals surface area contributed by atoms with Crippen molar-refractivity contribution >= 4 is 16.9 Å². The molecule has 5 heteroatoms. The minimum Gasteiger partial charge on any atom is -0.545 e. The van der Waals surface area contributed by atoms with Gasteiger partial charge in [0.2, 0.25) is 0 Å². The quantitative estimate of drug-likeness (QED) is 0.599. The van der Waals surface area contributed by atoms with Crippen LogP contribution in [0.15, 0.2) is 54.6 Å². The SMILES string of the molecule is COc1ccc(-c2cc(C(=O)[O-])c3ccccc3n2)cc1.[Na+]. The van der Waals surface area contributed by atoms with Gasteiger partial charge in [0.1, 0.15) is 5.75 Å². The minimum atomic E-state index is -1.21. The number of nitrogens with zero attached hydrogens (tertiary/aromatic N) is 1. The molecule has 0 spiro atoms. The summed E-state index contributed by atoms with van der Waals surface area (Å²) < 4.78 is 5.11. The summed E-state index contributed by atoms with van der Waals surface area (Å²) in [6.45, 7) is 0. The maximum absolute atomic E-state index is 11.3. The van der Waals surface area contributed by atoms with Gasteiger partial charge in [0.25, 0.3) is 0 Å². The van der Waals surface area contributed by atoms with Gasteiger partial charge in [0.05, 0.1) is 24.3 Å². The number of aromatic nitrogens is 1. The molecule has 104 valence electrons. The van der Waals surface area contributed by atoms with Crippen LogP contribution in [0.3, 0.4) is 0 Å². The molecule has 2 aromatic carbocycles. The molecule has 1 heterocycles. The molecule has 3 aromatic rings. The van der Waals surface area contributed by atoms with Crippen LogP contribution in [0.1, 0.15) is 10.4 Å². The van der Waals surface area contributed by atoms with E-state index < -0.39 is 5.97 Å². The van der Waals surface area contributed by atoms with Gasteiger partial charge in [-0.3, -0.25) is 0 Å². The van der Waals surface area contributed by atoms with Crippen molar-refractivity contribution in [1.29, 1.82) is 0 Å². The van der Waals surface area contributed by atoms with E-state index in [2.05, 4.69) is 4.98 Å². The van der Waals surface area contributed by atoms with E-state index in [4.69, 9.17) is 4.74 Å². The summed E-state index contributed by atoms with van der Waals surface area (Å²) >= 11 is 0. The Morgan fingerprint density at radius 2 is 1.77 bits per heavy atom. The molecule has 0 saturated heterocycles. The third-order valence-electron chi connectivity index (χ3n) is 3.32. The van der Waals surface area contributed by atoms with E-state index in [0.717, 1.165) is 11.3 Å². The number of benzene rings is 2. The number of carbonyl (C=O) groups excluding carboxylic acids is 1. The number of ether oxygens (including phenoxy) is 1. The van der Waals surface area contributed by atoms with Crippen LogP contribution in [0.2, 0.25) is 0 Å². The predicted octanol–water partition coefficient (Wildman–Crippen LogP) is -0.722. The van der Waals surface area contributed by atoms with Gasteiger partial charge in [-0.2, -0.15) is 0 Å². The van der Waals surface area contributed by atoms with E-state index >= 15 is 0 Å². The van der Waals surface area contributed by atoms with E-state index in [-0.39, 0.29) is 35.1 Å². The summed E-state index contributed by atoms with van der Waals surface area (Å²) in [5, 5.41) is 11.9. The monoisotopic (exact) mass is 301 g/mol. The van der Waals surface area contributed by atoms with Gasteiger partial charge < -0.3 is 14.6 Å². The third-order valence-corrected chi connectivity index (χ3v) is 3.32. The van der Waals surface area contributed by atoms with E-state index in [1.807, 2.05) is 30.3 Å². The van der Waals surface area contributed by atoms with Crippen LogP contribution in [0.5, 0.6) is 5.75 Å². The molecule has 0 aliphatic carbocycles. The van der Waals surface area contributed by atoms with E-state index in [1.54, 1.807) is 31.4 Å². The molecular weight excluding hydrogens is 289 g/mol. The van der Waals surface area contributed by atoms with Crippen molar-refractivity contribution in [3.8, 4) is 17.0 Å². The van der Waals surface area contributed by atoms with Crippen molar-refractivity contribution in [3.63, 3.8) is 0 Å². The second-order valence-electron chi connectivity index (χ2n) is 4.59. The molecule has 0 fully saturated rings. The minimum absolute atomic E-state index is 0. The van der Waals surface area contributed by atoms with Crippen LogP contribution in [0.25, 0.3) is 22.2 Å². The molecule has 1 aromatic heterocycles. The zero-order chi connectivity index (χ0) is 14.8. The summed E-state index contributed by atoms with van der Waals surface area (Å²) in [6.07, 6.45) is 0. The Labute approximate surface area is 150 Å². The number of methoxy groups -OCH3 is 1. The number of fused-ring (bicyclic) bond motifs is 1. The molecule has 0 unspecified atom stereocenters. The Morgan fingerprint density at radius 3 is 2.41 bits per heavy atom. The number of rotatable bonds is 3. The van der Waals surface area contributed by atoms with E-state index in [1.165, 1.54) is 0 Å². The van der Waals surface area contributed by atoms with Crippen LogP contribution in [-0.2, 0) is 0 Å². The number of pyridine rings is 1. The van der Waals surface area contributed by atoms with Gasteiger partial charge in [-0.05, 0) is 36.4 Å². The van der Waals surface area contributed by atoms with Crippen LogP contribution in [0.4, 0.5) is 0 Å². The van der Waals surface area contributed by atoms with Crippen LogP contribution in [0, 0.1) is 0 Å². The molecular formula is C17H12NNaO3. The van der Waals surface area contributed by atoms with Crippen molar-refractivity contribution in [2.24, 2.45) is 0 Å². The number of hydrogen-bond acceptors (Lipinski definition) is 4. The zero-order valence-electron chi connectivity index (χ0n) is 12.4. The Morgan fingerprint density at radius 1 is 1.09 bits per heavy atom. The van der Waals surface area contributed by atoms with Gasteiger partial charge >= 0.3 is 29.6 Å². The van der Waals surface area contributed by atoms with Crippen molar-refractivity contribution < 1.29 is 44.2 Å². The van der Waals surface area contributed by atoms with Gasteiger partial charge in [0, 0.05) is 16.5 Å². The average molecular weight is 301 g/mol. The topological polar surface area (TPSA) is 62.2 Å². The standard InChI is InChI=1S/C17H13NO3.Na/c1-21-12-8-6-11(7-9-12)16-10-14(17(19)20)13-4-2-3-5-15(13)18-16;/h2-10H,1H3,(H,19,20);/q;+1/p-1. The molecule has 0 atom stereocenters. The van der Waals surface area contributed by atoms with E-state index in [0.29, 0.717) is 16.6 Å². The molecule has 0 aliphatic rings. The largest absolute Gasteiger partial charge is 1.00 e. The Kier molecular flexibility index (Phi) is 5.19.